The Morgan fingerprint density at radius 2 is 1.32 bits per heavy atom. The molecular weight excluding hydrogens is 419 g/mol. The summed E-state index contributed by atoms with van der Waals surface area (Å²) < 4.78 is -1.91. The smallest absolute Gasteiger partial charge is 0.259 e. The molecule has 1 saturated heterocycles. The number of amides is 2. The molecule has 1 aliphatic heterocycles. The number of carbonyl (C=O) groups is 2. The third-order valence-corrected chi connectivity index (χ3v) is 8.44. The first-order chi connectivity index (χ1) is 9.94. The van der Waals surface area contributed by atoms with Crippen LogP contribution in [0, 0.1) is 11.8 Å². The lowest BCUT2D eigenvalue weighted by atomic mass is 9.84. The summed E-state index contributed by atoms with van der Waals surface area (Å²) in [5.41, 5.74) is 0. The molecule has 4 nitrogen and oxygen atoms in total. The van der Waals surface area contributed by atoms with Crippen molar-refractivity contribution in [2.45, 2.75) is 34.0 Å². The van der Waals surface area contributed by atoms with Crippen molar-refractivity contribution in [1.29, 1.82) is 0 Å². The highest BCUT2D eigenvalue weighted by Crippen LogP contribution is 2.77. The van der Waals surface area contributed by atoms with E-state index in [1.165, 1.54) is 0 Å². The van der Waals surface area contributed by atoms with Crippen LogP contribution in [-0.2, 0) is 14.4 Å². The number of carbonyl (C=O) groups excluding carboxylic acids is 2. The molecule has 3 rings (SSSR count). The summed E-state index contributed by atoms with van der Waals surface area (Å²) in [5, 5.41) is 0.408. The van der Waals surface area contributed by atoms with Gasteiger partial charge in [-0.2, -0.15) is 5.06 Å². The van der Waals surface area contributed by atoms with E-state index in [4.69, 9.17) is 74.4 Å². The Balaban J connectivity index is 2.19. The molecule has 2 bridgehead atoms. The number of fused-ring (bicyclic) bond motifs is 5. The summed E-state index contributed by atoms with van der Waals surface area (Å²) in [6, 6.07) is 0. The van der Waals surface area contributed by atoms with Crippen LogP contribution in [0.2, 0.25) is 0 Å². The molecule has 1 saturated carbocycles. The van der Waals surface area contributed by atoms with Crippen LogP contribution in [0.3, 0.4) is 0 Å². The van der Waals surface area contributed by atoms with E-state index in [1.54, 1.807) is 13.8 Å². The Morgan fingerprint density at radius 3 is 1.64 bits per heavy atom. The molecule has 4 atom stereocenters. The van der Waals surface area contributed by atoms with Crippen molar-refractivity contribution in [2.24, 2.45) is 11.8 Å². The van der Waals surface area contributed by atoms with Gasteiger partial charge in [-0.1, -0.05) is 46.4 Å². The zero-order valence-corrected chi connectivity index (χ0v) is 15.7. The van der Waals surface area contributed by atoms with Crippen molar-refractivity contribution >= 4 is 81.4 Å². The number of rotatable bonds is 2. The minimum Gasteiger partial charge on any atom is -0.272 e. The molecule has 2 amide bonds. The van der Waals surface area contributed by atoms with Crippen molar-refractivity contribution in [3.63, 3.8) is 0 Å². The number of nitrogens with zero attached hydrogens (tertiary/aromatic N) is 1. The van der Waals surface area contributed by atoms with Gasteiger partial charge in [-0.15, -0.1) is 23.2 Å². The van der Waals surface area contributed by atoms with Gasteiger partial charge in [0, 0.05) is 0 Å². The molecule has 2 aliphatic carbocycles. The standard InChI is InChI=1S/C12H9Cl6NO3/c1-3(2)22-19-8(20)4-5(9(19)21)11(16)7(14)6(13)10(4,15)12(11,17)18/h3-5H,1-2H3/t4-,5-,10-,11-/m0/s1. The van der Waals surface area contributed by atoms with Gasteiger partial charge < -0.3 is 0 Å². The molecule has 3 aliphatic rings. The first kappa shape index (κ1) is 17.4. The molecule has 0 N–H and O–H groups in total. The fraction of sp³-hybridized carbons (Fsp3) is 0.667. The van der Waals surface area contributed by atoms with Crippen molar-refractivity contribution in [2.75, 3.05) is 0 Å². The van der Waals surface area contributed by atoms with Gasteiger partial charge >= 0.3 is 0 Å². The summed E-state index contributed by atoms with van der Waals surface area (Å²) in [4.78, 5) is 26.9. The van der Waals surface area contributed by atoms with Crippen LogP contribution in [0.1, 0.15) is 13.8 Å². The Hall–Kier alpha value is 0.580. The van der Waals surface area contributed by atoms with E-state index in [1.807, 2.05) is 0 Å². The number of allylic oxidation sites excluding steroid dienone is 2. The topological polar surface area (TPSA) is 46.6 Å². The first-order valence-electron chi connectivity index (χ1n) is 6.30. The lowest BCUT2D eigenvalue weighted by Gasteiger charge is -2.34. The zero-order valence-electron chi connectivity index (χ0n) is 11.2. The Labute approximate surface area is 156 Å². The average Bonchev–Trinajstić information content (AvgIpc) is 2.78. The molecule has 0 aromatic carbocycles. The maximum absolute atomic E-state index is 12.6. The molecule has 0 aromatic heterocycles. The predicted molar refractivity (Wildman–Crippen MR) is 85.4 cm³/mol. The third kappa shape index (κ3) is 1.58. The second-order valence-electron chi connectivity index (χ2n) is 5.71. The summed E-state index contributed by atoms with van der Waals surface area (Å²) in [5.74, 6) is -3.67. The molecule has 0 unspecified atom stereocenters. The first-order valence-corrected chi connectivity index (χ1v) is 8.57. The fourth-order valence-corrected chi connectivity index (χ4v) is 6.21. The molecule has 2 fully saturated rings. The van der Waals surface area contributed by atoms with E-state index in [9.17, 15) is 9.59 Å². The highest BCUT2D eigenvalue weighted by Gasteiger charge is 2.87. The van der Waals surface area contributed by atoms with Gasteiger partial charge in [0.15, 0.2) is 4.33 Å². The van der Waals surface area contributed by atoms with Gasteiger partial charge in [0.05, 0.1) is 28.0 Å². The summed E-state index contributed by atoms with van der Waals surface area (Å²) in [6.45, 7) is 3.34. The van der Waals surface area contributed by atoms with Crippen LogP contribution in [0.4, 0.5) is 0 Å². The number of hydrogen-bond donors (Lipinski definition) is 0. The number of alkyl halides is 4. The lowest BCUT2D eigenvalue weighted by molar-refractivity contribution is -0.200. The highest BCUT2D eigenvalue weighted by atomic mass is 35.5. The fourth-order valence-electron chi connectivity index (χ4n) is 3.28. The van der Waals surface area contributed by atoms with E-state index in [0.717, 1.165) is 0 Å². The number of hydrogen-bond acceptors (Lipinski definition) is 3. The third-order valence-electron chi connectivity index (χ3n) is 4.18. The molecule has 0 spiro atoms. The molecule has 0 aromatic rings. The summed E-state index contributed by atoms with van der Waals surface area (Å²) in [7, 11) is 0. The molecular formula is C12H9Cl6NO3. The van der Waals surface area contributed by atoms with Crippen LogP contribution in [-0.4, -0.2) is 37.1 Å². The van der Waals surface area contributed by atoms with Gasteiger partial charge in [0.2, 0.25) is 0 Å². The summed E-state index contributed by atoms with van der Waals surface area (Å²) in [6.07, 6.45) is -0.405. The Kier molecular flexibility index (Phi) is 3.81. The van der Waals surface area contributed by atoms with Gasteiger partial charge in [0.1, 0.15) is 9.75 Å². The lowest BCUT2D eigenvalue weighted by Crippen LogP contribution is -2.50. The van der Waals surface area contributed by atoms with Gasteiger partial charge in [0.25, 0.3) is 11.8 Å². The average molecular weight is 428 g/mol. The minimum absolute atomic E-state index is 0.121. The van der Waals surface area contributed by atoms with Crippen LogP contribution in [0.5, 0.6) is 0 Å². The number of imide groups is 1. The maximum Gasteiger partial charge on any atom is 0.259 e. The van der Waals surface area contributed by atoms with Crippen molar-refractivity contribution in [1.82, 2.24) is 5.06 Å². The summed E-state index contributed by atoms with van der Waals surface area (Å²) >= 11 is 37.9. The predicted octanol–water partition coefficient (Wildman–Crippen LogP) is 3.77. The Morgan fingerprint density at radius 1 is 0.955 bits per heavy atom. The van der Waals surface area contributed by atoms with E-state index in [0.29, 0.717) is 5.06 Å². The van der Waals surface area contributed by atoms with Crippen molar-refractivity contribution < 1.29 is 14.4 Å². The van der Waals surface area contributed by atoms with Gasteiger partial charge in [-0.05, 0) is 13.8 Å². The normalized spacial score (nSPS) is 42.9. The van der Waals surface area contributed by atoms with Crippen LogP contribution >= 0.6 is 69.6 Å². The molecule has 0 radical (unpaired) electrons. The Bertz CT molecular complexity index is 588. The van der Waals surface area contributed by atoms with E-state index >= 15 is 0 Å². The zero-order chi connectivity index (χ0) is 16.8. The SMILES string of the molecule is CC(C)ON1C(=O)[C@@H]2[C@@H](C1=O)[C@]1(Cl)C(Cl)=C(Cl)[C@]2(Cl)C1(Cl)Cl. The molecule has 122 valence electrons. The monoisotopic (exact) mass is 425 g/mol. The van der Waals surface area contributed by atoms with Gasteiger partial charge in [-0.3, -0.25) is 14.4 Å². The van der Waals surface area contributed by atoms with Gasteiger partial charge in [-0.25, -0.2) is 0 Å². The van der Waals surface area contributed by atoms with E-state index in [-0.39, 0.29) is 10.1 Å². The minimum atomic E-state index is -1.91. The van der Waals surface area contributed by atoms with Crippen LogP contribution in [0.25, 0.3) is 0 Å². The van der Waals surface area contributed by atoms with Crippen molar-refractivity contribution in [3.8, 4) is 0 Å². The van der Waals surface area contributed by atoms with Crippen molar-refractivity contribution in [3.05, 3.63) is 10.1 Å². The van der Waals surface area contributed by atoms with E-state index < -0.39 is 43.8 Å². The largest absolute Gasteiger partial charge is 0.272 e. The van der Waals surface area contributed by atoms with Crippen LogP contribution in [0.15, 0.2) is 10.1 Å². The molecule has 22 heavy (non-hydrogen) atoms. The van der Waals surface area contributed by atoms with E-state index in [2.05, 4.69) is 0 Å². The number of hydroxylamine groups is 2. The molecule has 1 heterocycles. The molecule has 10 heteroatoms. The quantitative estimate of drug-likeness (QED) is 0.497. The maximum atomic E-state index is 12.6. The highest BCUT2D eigenvalue weighted by molar-refractivity contribution is 6.66. The second kappa shape index (κ2) is 4.81. The second-order valence-corrected chi connectivity index (χ2v) is 8.98. The van der Waals surface area contributed by atoms with Crippen LogP contribution < -0.4 is 0 Å². The number of halogens is 6.